The van der Waals surface area contributed by atoms with Crippen LogP contribution in [0.2, 0.25) is 0 Å². The average Bonchev–Trinajstić information content (AvgIpc) is 3.03. The lowest BCUT2D eigenvalue weighted by molar-refractivity contribution is -0.119. The number of hydrogen-bond acceptors (Lipinski definition) is 3. The van der Waals surface area contributed by atoms with E-state index in [2.05, 4.69) is 15.3 Å². The zero-order valence-corrected chi connectivity index (χ0v) is 11.2. The summed E-state index contributed by atoms with van der Waals surface area (Å²) < 4.78 is 0. The van der Waals surface area contributed by atoms with Gasteiger partial charge < -0.3 is 5.32 Å². The maximum atomic E-state index is 12.0. The SMILES string of the molecule is O=C(Nc1cnc(-c2ccccc2)nc1)C1CCCC1. The van der Waals surface area contributed by atoms with Crippen molar-refractivity contribution in [1.82, 2.24) is 9.97 Å². The maximum absolute atomic E-state index is 12.0. The molecule has 0 spiro atoms. The number of nitrogens with one attached hydrogen (secondary N) is 1. The van der Waals surface area contributed by atoms with Gasteiger partial charge in [-0.15, -0.1) is 0 Å². The monoisotopic (exact) mass is 267 g/mol. The molecule has 0 saturated heterocycles. The molecule has 4 nitrogen and oxygen atoms in total. The molecular formula is C16H17N3O. The summed E-state index contributed by atoms with van der Waals surface area (Å²) in [6, 6.07) is 9.79. The highest BCUT2D eigenvalue weighted by Gasteiger charge is 2.22. The van der Waals surface area contributed by atoms with E-state index < -0.39 is 0 Å². The molecule has 1 N–H and O–H groups in total. The Bertz CT molecular complexity index is 574. The summed E-state index contributed by atoms with van der Waals surface area (Å²) in [6.45, 7) is 0. The fourth-order valence-electron chi connectivity index (χ4n) is 2.56. The number of nitrogens with zero attached hydrogens (tertiary/aromatic N) is 2. The highest BCUT2D eigenvalue weighted by molar-refractivity contribution is 5.92. The zero-order chi connectivity index (χ0) is 13.8. The first-order valence-corrected chi connectivity index (χ1v) is 7.01. The van der Waals surface area contributed by atoms with Crippen LogP contribution in [0.3, 0.4) is 0 Å². The van der Waals surface area contributed by atoms with Crippen molar-refractivity contribution in [3.63, 3.8) is 0 Å². The van der Waals surface area contributed by atoms with Gasteiger partial charge in [-0.3, -0.25) is 4.79 Å². The summed E-state index contributed by atoms with van der Waals surface area (Å²) >= 11 is 0. The van der Waals surface area contributed by atoms with Crippen molar-refractivity contribution in [2.45, 2.75) is 25.7 Å². The van der Waals surface area contributed by atoms with Crippen LogP contribution in [0, 0.1) is 5.92 Å². The smallest absolute Gasteiger partial charge is 0.227 e. The Morgan fingerprint density at radius 1 is 1.05 bits per heavy atom. The Hall–Kier alpha value is -2.23. The largest absolute Gasteiger partial charge is 0.323 e. The third-order valence-electron chi connectivity index (χ3n) is 3.68. The predicted molar refractivity (Wildman–Crippen MR) is 78.1 cm³/mol. The molecule has 0 bridgehead atoms. The molecular weight excluding hydrogens is 250 g/mol. The molecule has 1 saturated carbocycles. The quantitative estimate of drug-likeness (QED) is 0.928. The molecule has 3 rings (SSSR count). The molecule has 2 aromatic rings. The first kappa shape index (κ1) is 12.8. The predicted octanol–water partition coefficient (Wildman–Crippen LogP) is 3.27. The normalized spacial score (nSPS) is 15.2. The molecule has 1 aromatic heterocycles. The van der Waals surface area contributed by atoms with Gasteiger partial charge in [-0.25, -0.2) is 9.97 Å². The highest BCUT2D eigenvalue weighted by Crippen LogP contribution is 2.26. The molecule has 1 amide bonds. The van der Waals surface area contributed by atoms with E-state index in [0.29, 0.717) is 11.5 Å². The molecule has 4 heteroatoms. The van der Waals surface area contributed by atoms with Crippen LogP contribution in [-0.2, 0) is 4.79 Å². The molecule has 1 aliphatic carbocycles. The van der Waals surface area contributed by atoms with Gasteiger partial charge in [-0.2, -0.15) is 0 Å². The molecule has 0 atom stereocenters. The number of rotatable bonds is 3. The summed E-state index contributed by atoms with van der Waals surface area (Å²) in [7, 11) is 0. The van der Waals surface area contributed by atoms with Crippen molar-refractivity contribution in [2.24, 2.45) is 5.92 Å². The van der Waals surface area contributed by atoms with E-state index in [1.807, 2.05) is 30.3 Å². The lowest BCUT2D eigenvalue weighted by atomic mass is 10.1. The number of hydrogen-bond donors (Lipinski definition) is 1. The van der Waals surface area contributed by atoms with E-state index in [1.165, 1.54) is 0 Å². The fourth-order valence-corrected chi connectivity index (χ4v) is 2.56. The number of carbonyl (C=O) groups excluding carboxylic acids is 1. The van der Waals surface area contributed by atoms with Crippen LogP contribution in [0.4, 0.5) is 5.69 Å². The van der Waals surface area contributed by atoms with E-state index in [9.17, 15) is 4.79 Å². The number of anilines is 1. The van der Waals surface area contributed by atoms with Gasteiger partial charge in [0.1, 0.15) is 0 Å². The molecule has 1 aromatic carbocycles. The summed E-state index contributed by atoms with van der Waals surface area (Å²) in [5, 5.41) is 2.90. The van der Waals surface area contributed by atoms with Crippen molar-refractivity contribution in [2.75, 3.05) is 5.32 Å². The van der Waals surface area contributed by atoms with Crippen LogP contribution < -0.4 is 5.32 Å². The summed E-state index contributed by atoms with van der Waals surface area (Å²) in [5.41, 5.74) is 1.64. The van der Waals surface area contributed by atoms with Gasteiger partial charge in [0.15, 0.2) is 5.82 Å². The van der Waals surface area contributed by atoms with Crippen molar-refractivity contribution in [1.29, 1.82) is 0 Å². The Balaban J connectivity index is 1.68. The number of aromatic nitrogens is 2. The summed E-state index contributed by atoms with van der Waals surface area (Å²) in [4.78, 5) is 20.6. The van der Waals surface area contributed by atoms with Crippen LogP contribution >= 0.6 is 0 Å². The number of benzene rings is 1. The Morgan fingerprint density at radius 2 is 1.70 bits per heavy atom. The van der Waals surface area contributed by atoms with Crippen molar-refractivity contribution in [3.8, 4) is 11.4 Å². The lowest BCUT2D eigenvalue weighted by Crippen LogP contribution is -2.20. The first-order valence-electron chi connectivity index (χ1n) is 7.01. The average molecular weight is 267 g/mol. The van der Waals surface area contributed by atoms with Gasteiger partial charge in [-0.05, 0) is 12.8 Å². The van der Waals surface area contributed by atoms with E-state index in [4.69, 9.17) is 0 Å². The Kier molecular flexibility index (Phi) is 3.72. The van der Waals surface area contributed by atoms with Gasteiger partial charge in [0.05, 0.1) is 18.1 Å². The van der Waals surface area contributed by atoms with Crippen LogP contribution in [0.5, 0.6) is 0 Å². The van der Waals surface area contributed by atoms with Crippen LogP contribution in [-0.4, -0.2) is 15.9 Å². The van der Waals surface area contributed by atoms with Crippen molar-refractivity contribution in [3.05, 3.63) is 42.7 Å². The minimum atomic E-state index is 0.0959. The molecule has 0 radical (unpaired) electrons. The summed E-state index contributed by atoms with van der Waals surface area (Å²) in [5.74, 6) is 0.923. The Morgan fingerprint density at radius 3 is 2.35 bits per heavy atom. The van der Waals surface area contributed by atoms with Gasteiger partial charge in [0.2, 0.25) is 5.91 Å². The van der Waals surface area contributed by atoms with Crippen molar-refractivity contribution >= 4 is 11.6 Å². The second-order valence-electron chi connectivity index (χ2n) is 5.13. The second-order valence-corrected chi connectivity index (χ2v) is 5.13. The fraction of sp³-hybridized carbons (Fsp3) is 0.312. The highest BCUT2D eigenvalue weighted by atomic mass is 16.1. The first-order chi connectivity index (χ1) is 9.83. The Labute approximate surface area is 118 Å². The molecule has 102 valence electrons. The maximum Gasteiger partial charge on any atom is 0.227 e. The number of carbonyl (C=O) groups is 1. The topological polar surface area (TPSA) is 54.9 Å². The molecule has 0 aliphatic heterocycles. The van der Waals surface area contributed by atoms with Gasteiger partial charge >= 0.3 is 0 Å². The zero-order valence-electron chi connectivity index (χ0n) is 11.2. The van der Waals surface area contributed by atoms with Gasteiger partial charge in [-0.1, -0.05) is 43.2 Å². The molecule has 20 heavy (non-hydrogen) atoms. The van der Waals surface area contributed by atoms with Crippen LogP contribution in [0.25, 0.3) is 11.4 Å². The molecule has 1 fully saturated rings. The van der Waals surface area contributed by atoms with E-state index in [0.717, 1.165) is 31.2 Å². The standard InChI is InChI=1S/C16H17N3O/c20-16(13-8-4-5-9-13)19-14-10-17-15(18-11-14)12-6-2-1-3-7-12/h1-3,6-7,10-11,13H,4-5,8-9H2,(H,19,20). The minimum Gasteiger partial charge on any atom is -0.323 e. The lowest BCUT2D eigenvalue weighted by Gasteiger charge is -2.10. The third kappa shape index (κ3) is 2.85. The molecule has 0 unspecified atom stereocenters. The molecule has 1 heterocycles. The van der Waals surface area contributed by atoms with E-state index in [-0.39, 0.29) is 11.8 Å². The minimum absolute atomic E-state index is 0.0959. The van der Waals surface area contributed by atoms with Gasteiger partial charge in [0.25, 0.3) is 0 Å². The molecule has 1 aliphatic rings. The van der Waals surface area contributed by atoms with Crippen LogP contribution in [0.15, 0.2) is 42.7 Å². The van der Waals surface area contributed by atoms with E-state index in [1.54, 1.807) is 12.4 Å². The number of amides is 1. The van der Waals surface area contributed by atoms with Crippen molar-refractivity contribution < 1.29 is 4.79 Å². The van der Waals surface area contributed by atoms with Gasteiger partial charge in [0, 0.05) is 11.5 Å². The van der Waals surface area contributed by atoms with Crippen LogP contribution in [0.1, 0.15) is 25.7 Å². The summed E-state index contributed by atoms with van der Waals surface area (Å²) in [6.07, 6.45) is 7.64. The second kappa shape index (κ2) is 5.82. The van der Waals surface area contributed by atoms with E-state index >= 15 is 0 Å². The third-order valence-corrected chi connectivity index (χ3v) is 3.68.